The number of hydrogen-bond acceptors (Lipinski definition) is 5. The molecule has 8 nitrogen and oxygen atoms in total. The topological polar surface area (TPSA) is 133 Å². The molecular formula is C17H29N3O5. The molecule has 0 aromatic heterocycles. The normalized spacial score (nSPS) is 27.6. The van der Waals surface area contributed by atoms with Gasteiger partial charge in [-0.15, -0.1) is 0 Å². The van der Waals surface area contributed by atoms with Crippen molar-refractivity contribution in [1.29, 1.82) is 0 Å². The van der Waals surface area contributed by atoms with Gasteiger partial charge in [0.05, 0.1) is 6.04 Å². The van der Waals surface area contributed by atoms with E-state index in [2.05, 4.69) is 5.32 Å². The van der Waals surface area contributed by atoms with Crippen LogP contribution in [0.2, 0.25) is 0 Å². The van der Waals surface area contributed by atoms with Crippen molar-refractivity contribution in [3.8, 4) is 0 Å². The number of fused-ring (bicyclic) bond motifs is 1. The van der Waals surface area contributed by atoms with Gasteiger partial charge in [0.2, 0.25) is 5.91 Å². The van der Waals surface area contributed by atoms with Crippen LogP contribution in [0.1, 0.15) is 51.4 Å². The van der Waals surface area contributed by atoms with E-state index in [1.54, 1.807) is 0 Å². The molecule has 8 heteroatoms. The van der Waals surface area contributed by atoms with E-state index in [1.807, 2.05) is 0 Å². The number of amides is 1. The lowest BCUT2D eigenvalue weighted by atomic mass is 9.97. The van der Waals surface area contributed by atoms with Crippen molar-refractivity contribution in [2.75, 3.05) is 13.1 Å². The second-order valence-electron chi connectivity index (χ2n) is 7.09. The van der Waals surface area contributed by atoms with Crippen LogP contribution in [0.4, 0.5) is 0 Å². The number of carbonyl (C=O) groups excluding carboxylic acids is 1. The Labute approximate surface area is 147 Å². The van der Waals surface area contributed by atoms with Gasteiger partial charge < -0.3 is 20.8 Å². The molecule has 0 aromatic carbocycles. The van der Waals surface area contributed by atoms with Gasteiger partial charge in [-0.3, -0.25) is 19.7 Å². The zero-order valence-electron chi connectivity index (χ0n) is 14.5. The minimum absolute atomic E-state index is 0.0316. The Balaban J connectivity index is 2.09. The quantitative estimate of drug-likeness (QED) is 0.440. The Morgan fingerprint density at radius 1 is 1.20 bits per heavy atom. The highest BCUT2D eigenvalue weighted by molar-refractivity contribution is 5.86. The fourth-order valence-electron chi connectivity index (χ4n) is 4.14. The zero-order valence-corrected chi connectivity index (χ0v) is 14.5. The lowest BCUT2D eigenvalue weighted by Gasteiger charge is -2.31. The highest BCUT2D eigenvalue weighted by Crippen LogP contribution is 2.36. The van der Waals surface area contributed by atoms with E-state index >= 15 is 0 Å². The average Bonchev–Trinajstić information content (AvgIpc) is 2.98. The smallest absolute Gasteiger partial charge is 0.323 e. The number of hydrogen-bond donors (Lipinski definition) is 4. The van der Waals surface area contributed by atoms with Crippen molar-refractivity contribution >= 4 is 17.8 Å². The van der Waals surface area contributed by atoms with Crippen molar-refractivity contribution in [3.63, 3.8) is 0 Å². The summed E-state index contributed by atoms with van der Waals surface area (Å²) in [6, 6.07) is -1.48. The van der Waals surface area contributed by atoms with Crippen LogP contribution in [-0.4, -0.2) is 64.2 Å². The molecule has 25 heavy (non-hydrogen) atoms. The van der Waals surface area contributed by atoms with Crippen molar-refractivity contribution < 1.29 is 24.6 Å². The van der Waals surface area contributed by atoms with E-state index < -0.39 is 24.0 Å². The van der Waals surface area contributed by atoms with Crippen LogP contribution >= 0.6 is 0 Å². The van der Waals surface area contributed by atoms with Crippen molar-refractivity contribution in [3.05, 3.63) is 0 Å². The first-order valence-electron chi connectivity index (χ1n) is 9.15. The number of nitrogens with zero attached hydrogens (tertiary/aromatic N) is 1. The largest absolute Gasteiger partial charge is 0.480 e. The van der Waals surface area contributed by atoms with Crippen LogP contribution in [0.15, 0.2) is 0 Å². The minimum atomic E-state index is -1.03. The maximum absolute atomic E-state index is 12.9. The minimum Gasteiger partial charge on any atom is -0.480 e. The third-order valence-corrected chi connectivity index (χ3v) is 5.38. The summed E-state index contributed by atoms with van der Waals surface area (Å²) in [7, 11) is 0. The van der Waals surface area contributed by atoms with Crippen LogP contribution < -0.4 is 11.1 Å². The summed E-state index contributed by atoms with van der Waals surface area (Å²) in [6.07, 6.45) is 6.02. The first kappa shape index (κ1) is 19.7. The SMILES string of the molecule is NCCCC[C@H](N[C@H]1CCC2CCCC2N(CC(=O)O)C1=O)C(=O)O. The van der Waals surface area contributed by atoms with Gasteiger partial charge in [0.15, 0.2) is 0 Å². The van der Waals surface area contributed by atoms with Crippen LogP contribution in [0.25, 0.3) is 0 Å². The van der Waals surface area contributed by atoms with E-state index in [-0.39, 0.29) is 18.5 Å². The molecule has 142 valence electrons. The van der Waals surface area contributed by atoms with E-state index in [0.717, 1.165) is 32.1 Å². The molecule has 0 radical (unpaired) electrons. The van der Waals surface area contributed by atoms with Crippen LogP contribution in [0.3, 0.4) is 0 Å². The maximum Gasteiger partial charge on any atom is 0.323 e. The summed E-state index contributed by atoms with van der Waals surface area (Å²) >= 11 is 0. The molecule has 0 spiro atoms. The van der Waals surface area contributed by atoms with Crippen LogP contribution in [0.5, 0.6) is 0 Å². The fraction of sp³-hybridized carbons (Fsp3) is 0.824. The molecule has 2 unspecified atom stereocenters. The number of rotatable bonds is 9. The van der Waals surface area contributed by atoms with E-state index in [0.29, 0.717) is 31.7 Å². The second kappa shape index (κ2) is 9.15. The first-order chi connectivity index (χ1) is 11.9. The number of nitrogens with one attached hydrogen (secondary N) is 1. The number of carboxylic acids is 2. The van der Waals surface area contributed by atoms with Gasteiger partial charge in [0, 0.05) is 6.04 Å². The predicted octanol–water partition coefficient (Wildman–Crippen LogP) is 0.403. The summed E-state index contributed by atoms with van der Waals surface area (Å²) in [5.74, 6) is -1.98. The van der Waals surface area contributed by atoms with Crippen LogP contribution in [0, 0.1) is 5.92 Å². The second-order valence-corrected chi connectivity index (χ2v) is 7.09. The molecular weight excluding hydrogens is 326 g/mol. The van der Waals surface area contributed by atoms with Gasteiger partial charge in [-0.25, -0.2) is 0 Å². The molecule has 5 N–H and O–H groups in total. The van der Waals surface area contributed by atoms with Gasteiger partial charge in [-0.1, -0.05) is 12.8 Å². The molecule has 0 bridgehead atoms. The Morgan fingerprint density at radius 3 is 2.60 bits per heavy atom. The molecule has 2 fully saturated rings. The Morgan fingerprint density at radius 2 is 1.96 bits per heavy atom. The average molecular weight is 355 g/mol. The zero-order chi connectivity index (χ0) is 18.4. The summed E-state index contributed by atoms with van der Waals surface area (Å²) in [5.41, 5.74) is 5.45. The number of unbranched alkanes of at least 4 members (excludes halogenated alkanes) is 1. The summed E-state index contributed by atoms with van der Waals surface area (Å²) in [5, 5.41) is 21.6. The highest BCUT2D eigenvalue weighted by atomic mass is 16.4. The molecule has 1 aliphatic carbocycles. The lowest BCUT2D eigenvalue weighted by molar-refractivity contribution is -0.148. The standard InChI is InChI=1S/C17H29N3O5/c18-9-2-1-5-13(17(24)25)19-12-8-7-11-4-3-6-14(11)20(16(12)23)10-15(21)22/h11-14,19H,1-10,18H2,(H,21,22)(H,24,25)/t11?,12-,13-,14?/m0/s1. The number of aliphatic carboxylic acids is 2. The molecule has 4 atom stereocenters. The molecule has 1 aliphatic heterocycles. The Bertz CT molecular complexity index is 499. The fourth-order valence-corrected chi connectivity index (χ4v) is 4.14. The summed E-state index contributed by atoms with van der Waals surface area (Å²) < 4.78 is 0. The number of carboxylic acid groups (broad SMARTS) is 2. The van der Waals surface area contributed by atoms with Crippen molar-refractivity contribution in [1.82, 2.24) is 10.2 Å². The first-order valence-corrected chi connectivity index (χ1v) is 9.15. The van der Waals surface area contributed by atoms with Gasteiger partial charge in [-0.2, -0.15) is 0 Å². The molecule has 1 heterocycles. The van der Waals surface area contributed by atoms with E-state index in [9.17, 15) is 24.6 Å². The third-order valence-electron chi connectivity index (χ3n) is 5.38. The number of nitrogens with two attached hydrogens (primary N) is 1. The molecule has 2 aliphatic rings. The maximum atomic E-state index is 12.9. The van der Waals surface area contributed by atoms with Gasteiger partial charge >= 0.3 is 11.9 Å². The number of likely N-dealkylation sites (tertiary alicyclic amines) is 1. The molecule has 0 aromatic rings. The summed E-state index contributed by atoms with van der Waals surface area (Å²) in [6.45, 7) is 0.188. The monoisotopic (exact) mass is 355 g/mol. The van der Waals surface area contributed by atoms with Gasteiger partial charge in [0.1, 0.15) is 12.6 Å². The van der Waals surface area contributed by atoms with Gasteiger partial charge in [-0.05, 0) is 51.0 Å². The molecule has 2 rings (SSSR count). The van der Waals surface area contributed by atoms with Crippen molar-refractivity contribution in [2.24, 2.45) is 11.7 Å². The highest BCUT2D eigenvalue weighted by Gasteiger charge is 2.42. The summed E-state index contributed by atoms with van der Waals surface area (Å²) in [4.78, 5) is 37.1. The van der Waals surface area contributed by atoms with Gasteiger partial charge in [0.25, 0.3) is 0 Å². The van der Waals surface area contributed by atoms with Crippen LogP contribution in [-0.2, 0) is 14.4 Å². The molecule has 1 saturated carbocycles. The predicted molar refractivity (Wildman–Crippen MR) is 91.0 cm³/mol. The number of carbonyl (C=O) groups is 3. The van der Waals surface area contributed by atoms with Crippen molar-refractivity contribution in [2.45, 2.75) is 69.5 Å². The lowest BCUT2D eigenvalue weighted by Crippen LogP contribution is -2.54. The van der Waals surface area contributed by atoms with E-state index in [4.69, 9.17) is 5.73 Å². The van der Waals surface area contributed by atoms with E-state index in [1.165, 1.54) is 4.90 Å². The Hall–Kier alpha value is -1.67. The third kappa shape index (κ3) is 5.15. The Kier molecular flexibility index (Phi) is 7.19. The molecule has 1 amide bonds. The molecule has 1 saturated heterocycles.